The van der Waals surface area contributed by atoms with Crippen molar-refractivity contribution < 1.29 is 9.53 Å². The Balaban J connectivity index is 1.53. The maximum atomic E-state index is 12.2. The molecule has 1 unspecified atom stereocenters. The van der Waals surface area contributed by atoms with E-state index in [0.29, 0.717) is 0 Å². The molecule has 2 aliphatic heterocycles. The van der Waals surface area contributed by atoms with Crippen LogP contribution in [-0.4, -0.2) is 49.3 Å². The summed E-state index contributed by atoms with van der Waals surface area (Å²) >= 11 is 0. The van der Waals surface area contributed by atoms with Gasteiger partial charge in [0.05, 0.1) is 0 Å². The standard InChI is InChI=1S/C13H23N3O2/c14-11-8-16(9-13(11)4-1-5-13)12(17)15-10-2-6-18-7-3-10/h10-11H,1-9,14H2,(H,15,17). The number of hydrogen-bond donors (Lipinski definition) is 2. The predicted molar refractivity (Wildman–Crippen MR) is 68.2 cm³/mol. The molecule has 0 bridgehead atoms. The second kappa shape index (κ2) is 4.70. The van der Waals surface area contributed by atoms with Crippen LogP contribution in [0.4, 0.5) is 4.79 Å². The number of likely N-dealkylation sites (tertiary alicyclic amines) is 1. The SMILES string of the molecule is NC1CN(C(=O)NC2CCOCC2)CC12CCC2. The van der Waals surface area contributed by atoms with Crippen LogP contribution in [0.25, 0.3) is 0 Å². The lowest BCUT2D eigenvalue weighted by Crippen LogP contribution is -2.47. The van der Waals surface area contributed by atoms with Gasteiger partial charge in [-0.15, -0.1) is 0 Å². The van der Waals surface area contributed by atoms with Gasteiger partial charge in [-0.05, 0) is 25.7 Å². The molecule has 18 heavy (non-hydrogen) atoms. The summed E-state index contributed by atoms with van der Waals surface area (Å²) in [4.78, 5) is 14.1. The number of carbonyl (C=O) groups excluding carboxylic acids is 1. The molecule has 1 spiro atoms. The third-order valence-corrected chi connectivity index (χ3v) is 4.89. The number of nitrogens with one attached hydrogen (secondary N) is 1. The van der Waals surface area contributed by atoms with Crippen LogP contribution < -0.4 is 11.1 Å². The first-order chi connectivity index (χ1) is 8.70. The van der Waals surface area contributed by atoms with Crippen molar-refractivity contribution in [2.45, 2.75) is 44.2 Å². The molecule has 1 aliphatic carbocycles. The van der Waals surface area contributed by atoms with Crippen molar-refractivity contribution in [1.82, 2.24) is 10.2 Å². The molecule has 2 saturated heterocycles. The summed E-state index contributed by atoms with van der Waals surface area (Å²) in [5.74, 6) is 0. The van der Waals surface area contributed by atoms with Crippen LogP contribution in [0.2, 0.25) is 0 Å². The highest BCUT2D eigenvalue weighted by molar-refractivity contribution is 5.75. The van der Waals surface area contributed by atoms with Crippen molar-refractivity contribution in [2.75, 3.05) is 26.3 Å². The first kappa shape index (κ1) is 12.2. The predicted octanol–water partition coefficient (Wildman–Crippen LogP) is 0.688. The van der Waals surface area contributed by atoms with Crippen molar-refractivity contribution >= 4 is 6.03 Å². The minimum Gasteiger partial charge on any atom is -0.381 e. The van der Waals surface area contributed by atoms with Crippen LogP contribution in [-0.2, 0) is 4.74 Å². The Bertz CT molecular complexity index is 324. The van der Waals surface area contributed by atoms with Crippen LogP contribution in [0.5, 0.6) is 0 Å². The molecule has 1 saturated carbocycles. The van der Waals surface area contributed by atoms with Crippen LogP contribution in [0.1, 0.15) is 32.1 Å². The number of carbonyl (C=O) groups is 1. The summed E-state index contributed by atoms with van der Waals surface area (Å²) < 4.78 is 5.30. The molecule has 3 N–H and O–H groups in total. The normalized spacial score (nSPS) is 31.4. The Labute approximate surface area is 108 Å². The molecule has 0 aromatic heterocycles. The fourth-order valence-corrected chi connectivity index (χ4v) is 3.42. The van der Waals surface area contributed by atoms with Crippen molar-refractivity contribution in [3.05, 3.63) is 0 Å². The van der Waals surface area contributed by atoms with E-state index in [9.17, 15) is 4.79 Å². The summed E-state index contributed by atoms with van der Waals surface area (Å²) in [6, 6.07) is 0.522. The molecule has 0 radical (unpaired) electrons. The maximum Gasteiger partial charge on any atom is 0.317 e. The number of rotatable bonds is 1. The van der Waals surface area contributed by atoms with Crippen LogP contribution in [0, 0.1) is 5.41 Å². The highest BCUT2D eigenvalue weighted by Gasteiger charge is 2.49. The number of urea groups is 1. The lowest BCUT2D eigenvalue weighted by molar-refractivity contribution is 0.0776. The number of amides is 2. The van der Waals surface area contributed by atoms with Gasteiger partial charge in [0.1, 0.15) is 0 Å². The highest BCUT2D eigenvalue weighted by Crippen LogP contribution is 2.47. The average molecular weight is 253 g/mol. The number of hydrogen-bond acceptors (Lipinski definition) is 3. The summed E-state index contributed by atoms with van der Waals surface area (Å²) in [5, 5.41) is 3.12. The van der Waals surface area contributed by atoms with Crippen LogP contribution in [0.3, 0.4) is 0 Å². The smallest absolute Gasteiger partial charge is 0.317 e. The monoisotopic (exact) mass is 253 g/mol. The van der Waals surface area contributed by atoms with Crippen molar-refractivity contribution in [3.8, 4) is 0 Å². The first-order valence-electron chi connectivity index (χ1n) is 7.08. The molecule has 5 nitrogen and oxygen atoms in total. The second-order valence-electron chi connectivity index (χ2n) is 6.04. The summed E-state index contributed by atoms with van der Waals surface area (Å²) in [6.07, 6.45) is 5.50. The summed E-state index contributed by atoms with van der Waals surface area (Å²) in [6.45, 7) is 3.08. The van der Waals surface area contributed by atoms with E-state index in [1.165, 1.54) is 19.3 Å². The van der Waals surface area contributed by atoms with Gasteiger partial charge in [-0.2, -0.15) is 0 Å². The first-order valence-corrected chi connectivity index (χ1v) is 7.08. The van der Waals surface area contributed by atoms with Gasteiger partial charge < -0.3 is 20.7 Å². The molecule has 0 aromatic carbocycles. The fraction of sp³-hybridized carbons (Fsp3) is 0.923. The number of nitrogens with zero attached hydrogens (tertiary/aromatic N) is 1. The van der Waals surface area contributed by atoms with Crippen molar-refractivity contribution in [1.29, 1.82) is 0 Å². The highest BCUT2D eigenvalue weighted by atomic mass is 16.5. The molecule has 2 heterocycles. The number of nitrogens with two attached hydrogens (primary N) is 1. The van der Waals surface area contributed by atoms with E-state index in [-0.39, 0.29) is 23.5 Å². The molecule has 0 aromatic rings. The quantitative estimate of drug-likeness (QED) is 0.722. The van der Waals surface area contributed by atoms with Gasteiger partial charge in [-0.25, -0.2) is 4.79 Å². The van der Waals surface area contributed by atoms with Crippen LogP contribution in [0.15, 0.2) is 0 Å². The Morgan fingerprint density at radius 1 is 1.33 bits per heavy atom. The molecular weight excluding hydrogens is 230 g/mol. The average Bonchev–Trinajstić information content (AvgIpc) is 2.68. The zero-order chi connectivity index (χ0) is 12.6. The fourth-order valence-electron chi connectivity index (χ4n) is 3.42. The van der Waals surface area contributed by atoms with Gasteiger partial charge in [0.25, 0.3) is 0 Å². The molecule has 1 atom stereocenters. The van der Waals surface area contributed by atoms with Gasteiger partial charge in [0, 0.05) is 43.8 Å². The van der Waals surface area contributed by atoms with Crippen LogP contribution >= 0.6 is 0 Å². The Hall–Kier alpha value is -0.810. The zero-order valence-electron chi connectivity index (χ0n) is 10.9. The molecule has 3 aliphatic rings. The van der Waals surface area contributed by atoms with E-state index in [2.05, 4.69) is 5.32 Å². The van der Waals surface area contributed by atoms with Crippen molar-refractivity contribution in [3.63, 3.8) is 0 Å². The lowest BCUT2D eigenvalue weighted by atomic mass is 9.66. The van der Waals surface area contributed by atoms with E-state index in [4.69, 9.17) is 10.5 Å². The van der Waals surface area contributed by atoms with Gasteiger partial charge in [-0.3, -0.25) is 0 Å². The topological polar surface area (TPSA) is 67.6 Å². The van der Waals surface area contributed by atoms with Crippen molar-refractivity contribution in [2.24, 2.45) is 11.1 Å². The van der Waals surface area contributed by atoms with E-state index < -0.39 is 0 Å². The Morgan fingerprint density at radius 2 is 2.06 bits per heavy atom. The molecule has 3 fully saturated rings. The van der Waals surface area contributed by atoms with Gasteiger partial charge in [0.15, 0.2) is 0 Å². The summed E-state index contributed by atoms with van der Waals surface area (Å²) in [7, 11) is 0. The Morgan fingerprint density at radius 3 is 2.61 bits per heavy atom. The van der Waals surface area contributed by atoms with Gasteiger partial charge in [-0.1, -0.05) is 6.42 Å². The van der Waals surface area contributed by atoms with E-state index in [0.717, 1.165) is 39.1 Å². The summed E-state index contributed by atoms with van der Waals surface area (Å²) in [5.41, 5.74) is 6.44. The molecule has 3 rings (SSSR count). The van der Waals surface area contributed by atoms with Gasteiger partial charge in [0.2, 0.25) is 0 Å². The van der Waals surface area contributed by atoms with E-state index in [1.54, 1.807) is 0 Å². The molecule has 5 heteroatoms. The lowest BCUT2D eigenvalue weighted by Gasteiger charge is -2.41. The van der Waals surface area contributed by atoms with E-state index in [1.807, 2.05) is 4.90 Å². The minimum atomic E-state index is 0.0705. The third kappa shape index (κ3) is 2.10. The number of ether oxygens (including phenoxy) is 1. The molecular formula is C13H23N3O2. The minimum absolute atomic E-state index is 0.0705. The maximum absolute atomic E-state index is 12.2. The third-order valence-electron chi connectivity index (χ3n) is 4.89. The molecule has 102 valence electrons. The van der Waals surface area contributed by atoms with E-state index >= 15 is 0 Å². The van der Waals surface area contributed by atoms with Gasteiger partial charge >= 0.3 is 6.03 Å². The largest absolute Gasteiger partial charge is 0.381 e. The molecule has 2 amide bonds. The second-order valence-corrected chi connectivity index (χ2v) is 6.04. The Kier molecular flexibility index (Phi) is 3.20. The zero-order valence-corrected chi connectivity index (χ0v) is 10.9.